The van der Waals surface area contributed by atoms with Crippen LogP contribution in [-0.4, -0.2) is 31.4 Å². The Hall–Kier alpha value is -1.69. The summed E-state index contributed by atoms with van der Waals surface area (Å²) in [6.45, 7) is 2.15. The quantitative estimate of drug-likeness (QED) is 0.294. The molecule has 0 aliphatic carbocycles. The van der Waals surface area contributed by atoms with Crippen LogP contribution in [0.2, 0.25) is 0 Å². The number of methoxy groups -OCH3 is 1. The Kier molecular flexibility index (Phi) is 10.8. The smallest absolute Gasteiger partial charge is 0.305 e. The molecule has 140 valence electrons. The van der Waals surface area contributed by atoms with Crippen LogP contribution in [0, 0.1) is 0 Å². The molecule has 0 amide bonds. The zero-order chi connectivity index (χ0) is 18.5. The highest BCUT2D eigenvalue weighted by molar-refractivity contribution is 7.14. The number of hydrogen-bond donors (Lipinski definition) is 0. The van der Waals surface area contributed by atoms with Crippen LogP contribution >= 0.6 is 11.3 Å². The van der Waals surface area contributed by atoms with E-state index in [1.165, 1.54) is 12.0 Å². The molecule has 1 heterocycles. The molecule has 0 bridgehead atoms. The molecule has 1 rings (SSSR count). The van der Waals surface area contributed by atoms with E-state index in [0.717, 1.165) is 37.0 Å². The zero-order valence-electron chi connectivity index (χ0n) is 15.2. The van der Waals surface area contributed by atoms with Crippen molar-refractivity contribution in [1.82, 2.24) is 0 Å². The number of carbonyl (C=O) groups is 3. The van der Waals surface area contributed by atoms with Gasteiger partial charge in [0.2, 0.25) is 0 Å². The number of esters is 2. The molecule has 0 aromatic carbocycles. The summed E-state index contributed by atoms with van der Waals surface area (Å²) in [5.74, 6) is -0.294. The maximum atomic E-state index is 12.1. The molecule has 0 aliphatic heterocycles. The maximum Gasteiger partial charge on any atom is 0.305 e. The van der Waals surface area contributed by atoms with Crippen LogP contribution in [0.3, 0.4) is 0 Å². The van der Waals surface area contributed by atoms with Crippen LogP contribution in [0.4, 0.5) is 0 Å². The number of hydrogen-bond acceptors (Lipinski definition) is 6. The second kappa shape index (κ2) is 12.6. The fourth-order valence-corrected chi connectivity index (χ4v) is 3.45. The topological polar surface area (TPSA) is 69.7 Å². The van der Waals surface area contributed by atoms with Gasteiger partial charge in [-0.15, -0.1) is 11.3 Å². The van der Waals surface area contributed by atoms with E-state index in [1.807, 2.05) is 12.1 Å². The molecule has 1 aromatic rings. The van der Waals surface area contributed by atoms with Crippen LogP contribution in [0.25, 0.3) is 0 Å². The first-order valence-corrected chi connectivity index (χ1v) is 9.72. The van der Waals surface area contributed by atoms with E-state index < -0.39 is 0 Å². The molecule has 0 saturated heterocycles. The number of thiophene rings is 1. The highest BCUT2D eigenvalue weighted by Gasteiger charge is 2.11. The van der Waals surface area contributed by atoms with Gasteiger partial charge in [-0.1, -0.05) is 12.8 Å². The summed E-state index contributed by atoms with van der Waals surface area (Å²) >= 11 is 1.54. The van der Waals surface area contributed by atoms with Gasteiger partial charge in [0.1, 0.15) is 0 Å². The lowest BCUT2D eigenvalue weighted by molar-refractivity contribution is -0.143. The SMILES string of the molecule is CCOC(=O)CCCC(=O)c1ccc(CCCCCCC(=O)OC)s1. The summed E-state index contributed by atoms with van der Waals surface area (Å²) in [5.41, 5.74) is 0. The first-order valence-electron chi connectivity index (χ1n) is 8.91. The zero-order valence-corrected chi connectivity index (χ0v) is 16.0. The molecule has 5 nitrogen and oxygen atoms in total. The average molecular weight is 368 g/mol. The van der Waals surface area contributed by atoms with Crippen molar-refractivity contribution in [3.05, 3.63) is 21.9 Å². The molecule has 0 unspecified atom stereocenters. The Bertz CT molecular complexity index is 550. The molecule has 0 fully saturated rings. The van der Waals surface area contributed by atoms with E-state index in [-0.39, 0.29) is 17.7 Å². The number of unbranched alkanes of at least 4 members (excludes halogenated alkanes) is 3. The van der Waals surface area contributed by atoms with Gasteiger partial charge in [0.15, 0.2) is 5.78 Å². The summed E-state index contributed by atoms with van der Waals surface area (Å²) in [6, 6.07) is 3.89. The lowest BCUT2D eigenvalue weighted by Crippen LogP contribution is -2.05. The van der Waals surface area contributed by atoms with Crippen molar-refractivity contribution >= 4 is 29.1 Å². The Morgan fingerprint density at radius 3 is 2.36 bits per heavy atom. The monoisotopic (exact) mass is 368 g/mol. The molecule has 0 saturated carbocycles. The maximum absolute atomic E-state index is 12.1. The lowest BCUT2D eigenvalue weighted by atomic mass is 10.1. The minimum absolute atomic E-state index is 0.0960. The third-order valence-corrected chi connectivity index (χ3v) is 4.99. The van der Waals surface area contributed by atoms with Gasteiger partial charge < -0.3 is 9.47 Å². The van der Waals surface area contributed by atoms with Gasteiger partial charge in [0.05, 0.1) is 18.6 Å². The number of ether oxygens (including phenoxy) is 2. The standard InChI is InChI=1S/C19H28O5S/c1-3-24-19(22)12-8-10-16(20)17-14-13-15(25-17)9-6-4-5-7-11-18(21)23-2/h13-14H,3-12H2,1-2H3. The highest BCUT2D eigenvalue weighted by Crippen LogP contribution is 2.21. The van der Waals surface area contributed by atoms with E-state index in [1.54, 1.807) is 18.3 Å². The second-order valence-corrected chi connectivity index (χ2v) is 7.01. The lowest BCUT2D eigenvalue weighted by Gasteiger charge is -2.01. The van der Waals surface area contributed by atoms with E-state index in [0.29, 0.717) is 32.3 Å². The summed E-state index contributed by atoms with van der Waals surface area (Å²) in [5, 5.41) is 0. The number of carbonyl (C=O) groups excluding carboxylic acids is 3. The number of rotatable bonds is 13. The molecule has 0 radical (unpaired) electrons. The number of Topliss-reactive ketones (excluding diaryl/α,β-unsaturated/α-hetero) is 1. The van der Waals surface area contributed by atoms with Gasteiger partial charge in [-0.3, -0.25) is 14.4 Å². The fourth-order valence-electron chi connectivity index (χ4n) is 2.44. The third-order valence-electron chi connectivity index (χ3n) is 3.81. The van der Waals surface area contributed by atoms with Crippen molar-refractivity contribution in [3.8, 4) is 0 Å². The van der Waals surface area contributed by atoms with Crippen molar-refractivity contribution in [1.29, 1.82) is 0 Å². The Morgan fingerprint density at radius 1 is 0.920 bits per heavy atom. The summed E-state index contributed by atoms with van der Waals surface area (Å²) in [4.78, 5) is 36.4. The molecule has 1 aromatic heterocycles. The molecule has 0 atom stereocenters. The predicted molar refractivity (Wildman–Crippen MR) is 97.9 cm³/mol. The van der Waals surface area contributed by atoms with Crippen LogP contribution < -0.4 is 0 Å². The van der Waals surface area contributed by atoms with Crippen LogP contribution in [0.1, 0.15) is 72.8 Å². The highest BCUT2D eigenvalue weighted by atomic mass is 32.1. The minimum atomic E-state index is -0.241. The second-order valence-electron chi connectivity index (χ2n) is 5.84. The summed E-state index contributed by atoms with van der Waals surface area (Å²) < 4.78 is 9.46. The van der Waals surface area contributed by atoms with Gasteiger partial charge in [0.25, 0.3) is 0 Å². The van der Waals surface area contributed by atoms with Crippen molar-refractivity contribution in [2.24, 2.45) is 0 Å². The largest absolute Gasteiger partial charge is 0.469 e. The first-order chi connectivity index (χ1) is 12.1. The van der Waals surface area contributed by atoms with Crippen LogP contribution in [-0.2, 0) is 25.5 Å². The van der Waals surface area contributed by atoms with Gasteiger partial charge >= 0.3 is 11.9 Å². The van der Waals surface area contributed by atoms with Gasteiger partial charge in [-0.05, 0) is 44.7 Å². The summed E-state index contributed by atoms with van der Waals surface area (Å²) in [7, 11) is 1.41. The van der Waals surface area contributed by atoms with Gasteiger partial charge in [-0.25, -0.2) is 0 Å². The van der Waals surface area contributed by atoms with Crippen molar-refractivity contribution in [2.45, 2.75) is 64.7 Å². The molecule has 0 aliphatic rings. The molecule has 0 N–H and O–H groups in total. The van der Waals surface area contributed by atoms with Crippen molar-refractivity contribution in [2.75, 3.05) is 13.7 Å². The average Bonchev–Trinajstić information content (AvgIpc) is 3.06. The fraction of sp³-hybridized carbons (Fsp3) is 0.632. The predicted octanol–water partition coefficient (Wildman–Crippen LogP) is 4.33. The Labute approximate surface area is 153 Å². The van der Waals surface area contributed by atoms with Gasteiger partial charge in [0, 0.05) is 24.1 Å². The van der Waals surface area contributed by atoms with Crippen LogP contribution in [0.15, 0.2) is 12.1 Å². The Balaban J connectivity index is 2.19. The minimum Gasteiger partial charge on any atom is -0.469 e. The van der Waals surface area contributed by atoms with E-state index in [2.05, 4.69) is 4.74 Å². The third kappa shape index (κ3) is 9.39. The normalized spacial score (nSPS) is 10.5. The number of ketones is 1. The number of aryl methyl sites for hydroxylation is 1. The summed E-state index contributed by atoms with van der Waals surface area (Å²) in [6.07, 6.45) is 6.65. The molecule has 6 heteroatoms. The van der Waals surface area contributed by atoms with E-state index >= 15 is 0 Å². The Morgan fingerprint density at radius 2 is 1.64 bits per heavy atom. The molecular weight excluding hydrogens is 340 g/mol. The molecular formula is C19H28O5S. The van der Waals surface area contributed by atoms with Crippen LogP contribution in [0.5, 0.6) is 0 Å². The van der Waals surface area contributed by atoms with E-state index in [4.69, 9.17) is 4.74 Å². The molecule has 25 heavy (non-hydrogen) atoms. The van der Waals surface area contributed by atoms with Crippen molar-refractivity contribution in [3.63, 3.8) is 0 Å². The molecule has 0 spiro atoms. The van der Waals surface area contributed by atoms with Crippen molar-refractivity contribution < 1.29 is 23.9 Å². The first kappa shape index (κ1) is 21.4. The van der Waals surface area contributed by atoms with E-state index in [9.17, 15) is 14.4 Å². The van der Waals surface area contributed by atoms with Gasteiger partial charge in [-0.2, -0.15) is 0 Å².